The van der Waals surface area contributed by atoms with Gasteiger partial charge in [-0.1, -0.05) is 122 Å². The predicted molar refractivity (Wildman–Crippen MR) is 137 cm³/mol. The van der Waals surface area contributed by atoms with Gasteiger partial charge in [-0.25, -0.2) is 9.13 Å². The summed E-state index contributed by atoms with van der Waals surface area (Å²) in [6.45, 7) is 2.29. The van der Waals surface area contributed by atoms with Gasteiger partial charge < -0.3 is 4.48 Å². The lowest BCUT2D eigenvalue weighted by molar-refractivity contribution is -0.882. The number of quaternary nitrogens is 1. The minimum absolute atomic E-state index is 0.278. The van der Waals surface area contributed by atoms with E-state index in [2.05, 4.69) is 19.1 Å². The van der Waals surface area contributed by atoms with E-state index in [4.69, 9.17) is 0 Å². The molecule has 0 spiro atoms. The molecule has 0 N–H and O–H groups in total. The molecular formula is C27H55NO2P+. The second-order valence-electron chi connectivity index (χ2n) is 10.4. The van der Waals surface area contributed by atoms with Crippen LogP contribution in [0.1, 0.15) is 135 Å². The maximum Gasteiger partial charge on any atom is 0.375 e. The van der Waals surface area contributed by atoms with Crippen molar-refractivity contribution < 1.29 is 13.6 Å². The lowest BCUT2D eigenvalue weighted by Gasteiger charge is -2.28. The molecule has 0 fully saturated rings. The molecule has 0 saturated heterocycles. The summed E-state index contributed by atoms with van der Waals surface area (Å²) in [5, 5.41) is 0. The molecule has 31 heavy (non-hydrogen) atoms. The third-order valence-corrected chi connectivity index (χ3v) is 7.81. The fourth-order valence-corrected chi connectivity index (χ4v) is 5.17. The molecule has 0 aliphatic carbocycles. The molecule has 0 amide bonds. The first kappa shape index (κ1) is 30.6. The van der Waals surface area contributed by atoms with Crippen molar-refractivity contribution in [3.63, 3.8) is 0 Å². The molecule has 0 aliphatic rings. The predicted octanol–water partition coefficient (Wildman–Crippen LogP) is 9.57. The van der Waals surface area contributed by atoms with Gasteiger partial charge in [0.1, 0.15) is 0 Å². The van der Waals surface area contributed by atoms with Crippen LogP contribution in [0.2, 0.25) is 0 Å². The molecule has 1 unspecified atom stereocenters. The van der Waals surface area contributed by atoms with Gasteiger partial charge in [0.2, 0.25) is 0 Å². The van der Waals surface area contributed by atoms with E-state index in [-0.39, 0.29) is 5.78 Å². The highest BCUT2D eigenvalue weighted by Crippen LogP contribution is 2.26. The van der Waals surface area contributed by atoms with Crippen LogP contribution >= 0.6 is 7.68 Å². The minimum atomic E-state index is -2.36. The Morgan fingerprint density at radius 2 is 0.935 bits per heavy atom. The monoisotopic (exact) mass is 456 g/mol. The van der Waals surface area contributed by atoms with Gasteiger partial charge in [0.05, 0.1) is 21.1 Å². The molecule has 0 aliphatic heterocycles. The number of allylic oxidation sites excluding steroid dienone is 2. The Morgan fingerprint density at radius 1 is 0.581 bits per heavy atom. The first-order chi connectivity index (χ1) is 14.9. The molecule has 184 valence electrons. The Balaban J connectivity index is 3.32. The maximum atomic E-state index is 11.4. The van der Waals surface area contributed by atoms with Crippen LogP contribution in [0.5, 0.6) is 0 Å². The number of nitrogens with zero attached hydrogens (tertiary/aromatic N) is 1. The number of unbranched alkanes of at least 4 members (excludes halogenated alkanes) is 17. The molecule has 0 heterocycles. The summed E-state index contributed by atoms with van der Waals surface area (Å²) < 4.78 is 23.3. The zero-order valence-electron chi connectivity index (χ0n) is 21.6. The van der Waals surface area contributed by atoms with Crippen LogP contribution < -0.4 is 0 Å². The van der Waals surface area contributed by atoms with E-state index in [1.165, 1.54) is 109 Å². The topological polar surface area (TPSA) is 34.1 Å². The van der Waals surface area contributed by atoms with E-state index in [1.807, 2.05) is 21.1 Å². The van der Waals surface area contributed by atoms with Gasteiger partial charge in [0.25, 0.3) is 0 Å². The highest BCUT2D eigenvalue weighted by molar-refractivity contribution is 7.31. The van der Waals surface area contributed by atoms with Crippen molar-refractivity contribution in [3.8, 4) is 0 Å². The molecule has 0 aromatic heterocycles. The van der Waals surface area contributed by atoms with Crippen LogP contribution in [0.3, 0.4) is 0 Å². The third-order valence-electron chi connectivity index (χ3n) is 6.37. The number of hydrogen-bond acceptors (Lipinski definition) is 2. The lowest BCUT2D eigenvalue weighted by Crippen LogP contribution is -2.42. The number of rotatable bonds is 23. The Hall–Kier alpha value is -0.400. The van der Waals surface area contributed by atoms with Crippen LogP contribution in [0, 0.1) is 0 Å². The number of hydrogen-bond donors (Lipinski definition) is 0. The van der Waals surface area contributed by atoms with Crippen LogP contribution in [0.25, 0.3) is 0 Å². The van der Waals surface area contributed by atoms with Gasteiger partial charge >= 0.3 is 7.68 Å². The van der Waals surface area contributed by atoms with Crippen molar-refractivity contribution in [2.24, 2.45) is 0 Å². The average Bonchev–Trinajstić information content (AvgIpc) is 2.70. The van der Waals surface area contributed by atoms with Gasteiger partial charge in [-0.05, 0) is 19.3 Å². The van der Waals surface area contributed by atoms with Gasteiger partial charge in [-0.2, -0.15) is 0 Å². The summed E-state index contributed by atoms with van der Waals surface area (Å²) in [5.41, 5.74) is 0. The quantitative estimate of drug-likeness (QED) is 0.0663. The standard InChI is InChI=1S/C27H55NO2P/c1-5-6-7-8-9-10-11-12-13-14-15-16-17-18-19-20-21-22-23-24-25-26-27(31(29)30)28(2,3)4/h23-24,27H,5-22,25-26H2,1-4H3/q+1. The largest absolute Gasteiger partial charge is 0.375 e. The van der Waals surface area contributed by atoms with Crippen LogP contribution in [0.4, 0.5) is 0 Å². The van der Waals surface area contributed by atoms with Gasteiger partial charge in [0, 0.05) is 6.42 Å². The summed E-state index contributed by atoms with van der Waals surface area (Å²) in [7, 11) is 3.50. The Kier molecular flexibility index (Phi) is 21.2. The zero-order valence-corrected chi connectivity index (χ0v) is 22.5. The fourth-order valence-electron chi connectivity index (χ4n) is 4.24. The van der Waals surface area contributed by atoms with E-state index in [1.54, 1.807) is 0 Å². The Morgan fingerprint density at radius 3 is 1.29 bits per heavy atom. The van der Waals surface area contributed by atoms with E-state index in [9.17, 15) is 9.13 Å². The summed E-state index contributed by atoms with van der Waals surface area (Å²) in [5.74, 6) is -0.278. The normalized spacial score (nSPS) is 13.2. The first-order valence-corrected chi connectivity index (χ1v) is 14.7. The zero-order chi connectivity index (χ0) is 23.2. The van der Waals surface area contributed by atoms with Gasteiger partial charge in [-0.15, -0.1) is 0 Å². The smallest absolute Gasteiger partial charge is 0.317 e. The molecule has 4 heteroatoms. The van der Waals surface area contributed by atoms with E-state index in [0.717, 1.165) is 19.3 Å². The van der Waals surface area contributed by atoms with Crippen molar-refractivity contribution in [1.29, 1.82) is 0 Å². The summed E-state index contributed by atoms with van der Waals surface area (Å²) in [6.07, 6.45) is 31.1. The Bertz CT molecular complexity index is 472. The maximum absolute atomic E-state index is 11.4. The van der Waals surface area contributed by atoms with Crippen molar-refractivity contribution in [3.05, 3.63) is 12.2 Å². The molecule has 3 nitrogen and oxygen atoms in total. The van der Waals surface area contributed by atoms with Crippen LogP contribution in [0.15, 0.2) is 12.2 Å². The molecule has 0 aromatic carbocycles. The Labute approximate surface area is 195 Å². The summed E-state index contributed by atoms with van der Waals surface area (Å²) in [6, 6.07) is 0. The highest BCUT2D eigenvalue weighted by atomic mass is 31.1. The fraction of sp³-hybridized carbons (Fsp3) is 0.926. The molecule has 0 aromatic rings. The van der Waals surface area contributed by atoms with Crippen molar-refractivity contribution in [1.82, 2.24) is 0 Å². The van der Waals surface area contributed by atoms with Crippen LogP contribution in [-0.4, -0.2) is 31.4 Å². The molecule has 0 rings (SSSR count). The van der Waals surface area contributed by atoms with E-state index >= 15 is 0 Å². The van der Waals surface area contributed by atoms with Crippen molar-refractivity contribution >= 4 is 7.68 Å². The lowest BCUT2D eigenvalue weighted by atomic mass is 10.0. The second kappa shape index (κ2) is 21.4. The van der Waals surface area contributed by atoms with Crippen molar-refractivity contribution in [2.45, 2.75) is 141 Å². The molecule has 0 bridgehead atoms. The minimum Gasteiger partial charge on any atom is -0.317 e. The van der Waals surface area contributed by atoms with Crippen LogP contribution in [-0.2, 0) is 9.13 Å². The van der Waals surface area contributed by atoms with Gasteiger partial charge in [0.15, 0.2) is 5.78 Å². The van der Waals surface area contributed by atoms with Gasteiger partial charge in [-0.3, -0.25) is 0 Å². The molecule has 1 atom stereocenters. The average molecular weight is 457 g/mol. The second-order valence-corrected chi connectivity index (χ2v) is 11.5. The molecular weight excluding hydrogens is 401 g/mol. The third kappa shape index (κ3) is 21.2. The molecule has 0 saturated carbocycles. The van der Waals surface area contributed by atoms with E-state index in [0.29, 0.717) is 4.48 Å². The summed E-state index contributed by atoms with van der Waals surface area (Å²) >= 11 is 0. The SMILES string of the molecule is CCCCCCCCCCCCCCCCCCCC=CCCC(P(=O)=O)[N+](C)(C)C. The molecule has 0 radical (unpaired) electrons. The highest BCUT2D eigenvalue weighted by Gasteiger charge is 2.28. The first-order valence-electron chi connectivity index (χ1n) is 13.5. The van der Waals surface area contributed by atoms with E-state index < -0.39 is 7.68 Å². The summed E-state index contributed by atoms with van der Waals surface area (Å²) in [4.78, 5) is 0. The van der Waals surface area contributed by atoms with Crippen molar-refractivity contribution in [2.75, 3.05) is 21.1 Å².